The van der Waals surface area contributed by atoms with Gasteiger partial charge in [-0.2, -0.15) is 15.3 Å². The highest BCUT2D eigenvalue weighted by Gasteiger charge is 2.47. The zero-order valence-electron chi connectivity index (χ0n) is 69.8. The fraction of sp³-hybridized carbons (Fsp3) is 0.387. The van der Waals surface area contributed by atoms with Crippen LogP contribution in [0.5, 0.6) is 0 Å². The Labute approximate surface area is 706 Å². The van der Waals surface area contributed by atoms with Gasteiger partial charge < -0.3 is 41.2 Å². The first-order valence-corrected chi connectivity index (χ1v) is 49.8. The van der Waals surface area contributed by atoms with Crippen molar-refractivity contribution < 1.29 is 23.9 Å². The quantitative estimate of drug-likeness (QED) is 0.0263. The van der Waals surface area contributed by atoms with E-state index in [0.717, 1.165) is 203 Å². The molecule has 0 radical (unpaired) electrons. The lowest BCUT2D eigenvalue weighted by Crippen LogP contribution is -2.43. The molecule has 0 spiro atoms. The van der Waals surface area contributed by atoms with E-state index in [2.05, 4.69) is 156 Å². The van der Waals surface area contributed by atoms with Crippen LogP contribution in [0.25, 0.3) is 81.4 Å². The molecule has 0 unspecified atom stereocenters. The number of carbonyl (C=O) groups excluding carboxylic acids is 3. The number of rotatable bonds is 12. The van der Waals surface area contributed by atoms with Gasteiger partial charge in [-0.1, -0.05) is 101 Å². The van der Waals surface area contributed by atoms with E-state index < -0.39 is 32.4 Å². The fourth-order valence-electron chi connectivity index (χ4n) is 17.2. The van der Waals surface area contributed by atoms with Crippen LogP contribution in [-0.2, 0) is 92.1 Å². The van der Waals surface area contributed by atoms with Crippen molar-refractivity contribution in [1.82, 2.24) is 44.7 Å². The molecule has 3 amide bonds. The predicted octanol–water partition coefficient (Wildman–Crippen LogP) is 21.0. The summed E-state index contributed by atoms with van der Waals surface area (Å²) in [7, 11) is -2.21. The summed E-state index contributed by atoms with van der Waals surface area (Å²) >= 11 is 2.21. The lowest BCUT2D eigenvalue weighted by atomic mass is 9.85. The van der Waals surface area contributed by atoms with E-state index in [9.17, 15) is 14.4 Å². The Morgan fingerprint density at radius 3 is 1.32 bits per heavy atom. The number of nitrogens with two attached hydrogens (primary N) is 2. The van der Waals surface area contributed by atoms with E-state index in [1.54, 1.807) is 29.2 Å². The van der Waals surface area contributed by atoms with Crippen LogP contribution in [0, 0.1) is 23.3 Å². The molecule has 608 valence electrons. The van der Waals surface area contributed by atoms with E-state index in [0.29, 0.717) is 30.5 Å². The topological polar surface area (TPSA) is 265 Å². The number of carbonyl (C=O) groups is 3. The second kappa shape index (κ2) is 33.0. The van der Waals surface area contributed by atoms with Gasteiger partial charge in [0.25, 0.3) is 0 Å². The molecule has 118 heavy (non-hydrogen) atoms. The first-order valence-electron chi connectivity index (χ1n) is 41.3. The van der Waals surface area contributed by atoms with Crippen molar-refractivity contribution >= 4 is 135 Å². The van der Waals surface area contributed by atoms with Gasteiger partial charge in [-0.3, -0.25) is 29.3 Å². The number of nitrogens with one attached hydrogen (secondary N) is 5. The lowest BCUT2D eigenvalue weighted by molar-refractivity contribution is -0.122. The smallest absolute Gasteiger partial charge is 0.241 e. The number of halogens is 1. The Morgan fingerprint density at radius 2 is 0.898 bits per heavy atom. The summed E-state index contributed by atoms with van der Waals surface area (Å²) in [6.07, 6.45) is 20.1. The number of amides is 3. The van der Waals surface area contributed by atoms with E-state index in [1.165, 1.54) is 55.2 Å². The molecule has 4 aliphatic carbocycles. The second-order valence-electron chi connectivity index (χ2n) is 36.4. The largest absolute Gasteiger partial charge is 0.360 e. The first-order chi connectivity index (χ1) is 56.3. The molecular formula is C93H106IN17O5Si2. The molecule has 6 aromatic carbocycles. The van der Waals surface area contributed by atoms with Crippen molar-refractivity contribution in [2.24, 2.45) is 11.5 Å². The maximum Gasteiger partial charge on any atom is 0.241 e. The van der Waals surface area contributed by atoms with Gasteiger partial charge in [-0.25, -0.2) is 23.9 Å². The summed E-state index contributed by atoms with van der Waals surface area (Å²) in [5.41, 5.74) is 36.0. The average Bonchev–Trinajstić information content (AvgIpc) is 1.56. The zero-order chi connectivity index (χ0) is 83.5. The maximum absolute atomic E-state index is 13.6. The number of ether oxygens (including phenoxy) is 2. The van der Waals surface area contributed by atoms with Gasteiger partial charge in [0, 0.05) is 107 Å². The summed E-state index contributed by atoms with van der Waals surface area (Å²) < 4.78 is 16.9. The number of aryl methyl sites for hydroxylation is 6. The number of benzene rings is 6. The minimum absolute atomic E-state index is 0.0435. The van der Waals surface area contributed by atoms with Gasteiger partial charge in [0.15, 0.2) is 17.1 Å². The van der Waals surface area contributed by atoms with Crippen LogP contribution in [-0.4, -0.2) is 104 Å². The van der Waals surface area contributed by atoms with Crippen LogP contribution in [0.1, 0.15) is 137 Å². The van der Waals surface area contributed by atoms with Gasteiger partial charge in [0.05, 0.1) is 76.3 Å². The third kappa shape index (κ3) is 16.5. The Kier molecular flexibility index (Phi) is 23.1. The van der Waals surface area contributed by atoms with Crippen LogP contribution < -0.4 is 26.6 Å². The van der Waals surface area contributed by atoms with Crippen molar-refractivity contribution in [2.45, 2.75) is 218 Å². The van der Waals surface area contributed by atoms with Crippen LogP contribution in [0.2, 0.25) is 51.4 Å². The van der Waals surface area contributed by atoms with Gasteiger partial charge in [-0.05, 0) is 258 Å². The lowest BCUT2D eigenvalue weighted by Gasteiger charge is -2.24. The molecule has 9 heterocycles. The van der Waals surface area contributed by atoms with E-state index in [-0.39, 0.29) is 29.8 Å². The number of hydrogen-bond donors (Lipinski definition) is 7. The molecule has 2 atom stereocenters. The van der Waals surface area contributed by atoms with Gasteiger partial charge in [-0.15, -0.1) is 0 Å². The molecule has 6 aromatic heterocycles. The Hall–Kier alpha value is -10.5. The van der Waals surface area contributed by atoms with Crippen LogP contribution in [0.15, 0.2) is 128 Å². The molecule has 0 saturated heterocycles. The van der Waals surface area contributed by atoms with Gasteiger partial charge in [0.2, 0.25) is 17.7 Å². The van der Waals surface area contributed by atoms with Crippen LogP contribution >= 0.6 is 22.6 Å². The predicted molar refractivity (Wildman–Crippen MR) is 486 cm³/mol. The number of hydrogen-bond acceptors (Lipinski definition) is 10. The van der Waals surface area contributed by atoms with Gasteiger partial charge in [0.1, 0.15) is 24.8 Å². The van der Waals surface area contributed by atoms with Crippen LogP contribution in [0.3, 0.4) is 0 Å². The molecule has 9 N–H and O–H groups in total. The number of H-pyrrole nitrogens is 4. The minimum Gasteiger partial charge on any atom is -0.360 e. The van der Waals surface area contributed by atoms with Crippen molar-refractivity contribution in [3.63, 3.8) is 0 Å². The fourth-order valence-corrected chi connectivity index (χ4v) is 19.1. The highest BCUT2D eigenvalue weighted by molar-refractivity contribution is 14.1. The zero-order valence-corrected chi connectivity index (χ0v) is 73.9. The van der Waals surface area contributed by atoms with Crippen molar-refractivity contribution in [3.8, 4) is 34.2 Å². The number of nitrogens with zero attached hydrogens (tertiary/aromatic N) is 10. The molecule has 1 saturated carbocycles. The molecule has 1 fully saturated rings. The van der Waals surface area contributed by atoms with E-state index in [1.807, 2.05) is 111 Å². The van der Waals surface area contributed by atoms with Crippen molar-refractivity contribution in [1.29, 1.82) is 0 Å². The Morgan fingerprint density at radius 1 is 0.500 bits per heavy atom. The molecular weight excluding hydrogens is 1620 g/mol. The summed E-state index contributed by atoms with van der Waals surface area (Å²) in [5, 5.41) is 23.9. The van der Waals surface area contributed by atoms with E-state index in [4.69, 9.17) is 50.9 Å². The third-order valence-corrected chi connectivity index (χ3v) is 28.5. The molecule has 19 rings (SSSR count). The summed E-state index contributed by atoms with van der Waals surface area (Å²) in [6, 6.07) is 37.8. The SMILES string of the molecule is CC1(C)C(=O)Nc2cc3c4c([nH]c3cc21)-c1nn(COCC[Si](C)(C)C)cc1CCC4.N[C@H]1CCCC[C@@H]1N.[C-]#[N+]c1ccc(I)cc1.[C-]#[N+]c1ccc(N2C(=O)C(C)(C)c3cc4[nH]c5c(c4cc32)CCCc2cn(COCC[Si](C)(C)C)nc2-5)cc1.[C-]#[N+]c1ccc(N2C(=O)C(C)(C)c3cc4[nH]c5c(c4cc32)CCCc2cn[nH]c2-5)cc1. The number of fused-ring (bicyclic) bond motifs is 18. The monoisotopic (exact) mass is 1720 g/mol. The number of anilines is 5. The number of aromatic amines is 4. The molecule has 3 aliphatic heterocycles. The molecule has 7 aliphatic rings. The molecule has 25 heteroatoms. The van der Waals surface area contributed by atoms with Gasteiger partial charge >= 0.3 is 0 Å². The first kappa shape index (κ1) is 82.6. The molecule has 12 aromatic rings. The standard InChI is InChI=1S/C31H35N5O2Si.C25H21N5O.C24H32N4O2Si.C7H4IN.C6H14N2/c1-31(2)25-17-26-24(16-27(25)36(30(31)37)22-12-10-21(32-3)11-13-22)23-9-7-8-20-18-35(34-28(20)29(23)33-26)19-38-14-15-39(4,5)6;1-25(2)19-12-20-18(17-6-4-5-14-13-27-29-22(14)23(17)28-20)11-21(19)30(24(25)31)16-9-7-15(26-3)8-10-16;1-24(2)18-12-19-17(11-20(18)26-23(24)29)16-8-6-7-15-13-28(27-21(15)22(16)25-19)14-30-9-10-31(3,4)5;1-9-7-4-2-6(8)3-5-7;7-5-3-1-2-4-6(5)8/h10-13,16-18,33H,7-9,14-15,19H2,1-2,4-6H3;7-13,28H,4-6H2,1-2H3,(H,27,29);11-13,25H,6-10,14H2,1-5H3,(H,26,29);2-5H;5-6H,1-4,7-8H2/t;;;;5-,6-/m....0/s1. The second-order valence-corrected chi connectivity index (χ2v) is 48.9. The normalized spacial score (nSPS) is 17.5. The summed E-state index contributed by atoms with van der Waals surface area (Å²) in [5.74, 6) is 0.158. The van der Waals surface area contributed by atoms with E-state index >= 15 is 0 Å². The summed E-state index contributed by atoms with van der Waals surface area (Å²) in [4.78, 5) is 64.3. The average molecular weight is 1730 g/mol. The maximum atomic E-state index is 13.6. The summed E-state index contributed by atoms with van der Waals surface area (Å²) in [6.45, 7) is 49.7. The van der Waals surface area contributed by atoms with Crippen LogP contribution in [0.4, 0.5) is 45.5 Å². The Bertz CT molecular complexity index is 5970. The number of aromatic nitrogens is 9. The highest BCUT2D eigenvalue weighted by atomic mass is 127. The highest BCUT2D eigenvalue weighted by Crippen LogP contribution is 2.52. The van der Waals surface area contributed by atoms with Crippen molar-refractivity contribution in [2.75, 3.05) is 28.3 Å². The molecule has 0 bridgehead atoms. The third-order valence-electron chi connectivity index (χ3n) is 24.4. The minimum atomic E-state index is -1.13. The van der Waals surface area contributed by atoms with Crippen molar-refractivity contribution in [3.05, 3.63) is 216 Å². The Balaban J connectivity index is 0.000000126. The molecule has 22 nitrogen and oxygen atoms in total.